The lowest BCUT2D eigenvalue weighted by molar-refractivity contribution is 0.222. The van der Waals surface area contributed by atoms with E-state index in [0.717, 1.165) is 31.6 Å². The fraction of sp³-hybridized carbons (Fsp3) is 0.333. The zero-order chi connectivity index (χ0) is 22.0. The standard InChI is InChI=1S/C24H25ClFN3O2/c1-16-13-24(30)29(17(2)27-16)20-5-8-23(22(25)14-20)28-11-9-18(10-12-28)15-31-21-6-3-19(26)4-7-21/h3-8,13-14,18H,9-12,15H2,1-2H3. The van der Waals surface area contributed by atoms with E-state index in [1.165, 1.54) is 18.2 Å². The highest BCUT2D eigenvalue weighted by molar-refractivity contribution is 6.33. The van der Waals surface area contributed by atoms with Gasteiger partial charge < -0.3 is 9.64 Å². The van der Waals surface area contributed by atoms with Gasteiger partial charge in [-0.1, -0.05) is 11.6 Å². The lowest BCUT2D eigenvalue weighted by atomic mass is 9.97. The summed E-state index contributed by atoms with van der Waals surface area (Å²) in [6.45, 7) is 6.00. The van der Waals surface area contributed by atoms with E-state index in [1.807, 2.05) is 32.0 Å². The molecule has 0 bridgehead atoms. The Morgan fingerprint density at radius 2 is 1.81 bits per heavy atom. The minimum atomic E-state index is -0.262. The van der Waals surface area contributed by atoms with Crippen molar-refractivity contribution < 1.29 is 9.13 Å². The van der Waals surface area contributed by atoms with Crippen molar-refractivity contribution in [2.75, 3.05) is 24.6 Å². The minimum Gasteiger partial charge on any atom is -0.493 e. The van der Waals surface area contributed by atoms with Crippen molar-refractivity contribution in [1.29, 1.82) is 0 Å². The fourth-order valence-corrected chi connectivity index (χ4v) is 4.33. The Morgan fingerprint density at radius 1 is 1.10 bits per heavy atom. The maximum absolute atomic E-state index is 13.0. The molecule has 5 nitrogen and oxygen atoms in total. The maximum Gasteiger partial charge on any atom is 0.258 e. The average molecular weight is 442 g/mol. The average Bonchev–Trinajstić information content (AvgIpc) is 2.73. The second kappa shape index (κ2) is 9.10. The molecule has 0 spiro atoms. The molecule has 0 saturated carbocycles. The lowest BCUT2D eigenvalue weighted by Crippen LogP contribution is -2.35. The molecule has 162 valence electrons. The van der Waals surface area contributed by atoms with Crippen LogP contribution in [0.4, 0.5) is 10.1 Å². The van der Waals surface area contributed by atoms with Gasteiger partial charge in [-0.25, -0.2) is 9.37 Å². The number of halogens is 2. The third kappa shape index (κ3) is 4.90. The molecule has 7 heteroatoms. The second-order valence-electron chi connectivity index (χ2n) is 7.95. The van der Waals surface area contributed by atoms with Crippen LogP contribution in [-0.2, 0) is 0 Å². The number of aryl methyl sites for hydroxylation is 2. The number of nitrogens with zero attached hydrogens (tertiary/aromatic N) is 3. The van der Waals surface area contributed by atoms with Crippen LogP contribution in [0.15, 0.2) is 53.3 Å². The summed E-state index contributed by atoms with van der Waals surface area (Å²) in [7, 11) is 0. The molecule has 2 heterocycles. The van der Waals surface area contributed by atoms with Gasteiger partial charge in [0.15, 0.2) is 0 Å². The molecule has 1 aromatic heterocycles. The summed E-state index contributed by atoms with van der Waals surface area (Å²) in [6, 6.07) is 13.4. The van der Waals surface area contributed by atoms with Crippen molar-refractivity contribution in [1.82, 2.24) is 9.55 Å². The third-order valence-corrected chi connectivity index (χ3v) is 5.96. The van der Waals surface area contributed by atoms with E-state index in [9.17, 15) is 9.18 Å². The van der Waals surface area contributed by atoms with Crippen LogP contribution in [0.1, 0.15) is 24.4 Å². The van der Waals surface area contributed by atoms with Gasteiger partial charge in [-0.3, -0.25) is 9.36 Å². The predicted molar refractivity (Wildman–Crippen MR) is 121 cm³/mol. The summed E-state index contributed by atoms with van der Waals surface area (Å²) in [5.41, 5.74) is 2.27. The largest absolute Gasteiger partial charge is 0.493 e. The number of anilines is 1. The Kier molecular flexibility index (Phi) is 6.28. The quantitative estimate of drug-likeness (QED) is 0.562. The molecule has 2 aromatic carbocycles. The van der Waals surface area contributed by atoms with E-state index in [0.29, 0.717) is 40.5 Å². The van der Waals surface area contributed by atoms with Crippen molar-refractivity contribution in [3.05, 3.63) is 81.2 Å². The molecule has 1 aliphatic heterocycles. The SMILES string of the molecule is Cc1cc(=O)n(-c2ccc(N3CCC(COc4ccc(F)cc4)CC3)c(Cl)c2)c(C)n1. The van der Waals surface area contributed by atoms with E-state index < -0.39 is 0 Å². The van der Waals surface area contributed by atoms with Crippen LogP contribution in [0.5, 0.6) is 5.75 Å². The number of piperidine rings is 1. The molecule has 4 rings (SSSR count). The first-order chi connectivity index (χ1) is 14.9. The first kappa shape index (κ1) is 21.4. The number of aromatic nitrogens is 2. The second-order valence-corrected chi connectivity index (χ2v) is 8.36. The summed E-state index contributed by atoms with van der Waals surface area (Å²) in [6.07, 6.45) is 1.97. The minimum absolute atomic E-state index is 0.115. The van der Waals surface area contributed by atoms with E-state index in [2.05, 4.69) is 9.88 Å². The molecular formula is C24H25ClFN3O2. The molecule has 0 N–H and O–H groups in total. The molecule has 3 aromatic rings. The zero-order valence-electron chi connectivity index (χ0n) is 17.6. The van der Waals surface area contributed by atoms with Crippen molar-refractivity contribution >= 4 is 17.3 Å². The normalized spacial score (nSPS) is 14.6. The predicted octanol–water partition coefficient (Wildman–Crippen LogP) is 4.94. The first-order valence-electron chi connectivity index (χ1n) is 10.4. The summed E-state index contributed by atoms with van der Waals surface area (Å²) in [5, 5.41) is 0.616. The Labute approximate surface area is 186 Å². The van der Waals surface area contributed by atoms with Crippen LogP contribution in [0.25, 0.3) is 5.69 Å². The van der Waals surface area contributed by atoms with Gasteiger partial charge in [-0.05, 0) is 75.1 Å². The fourth-order valence-electron chi connectivity index (χ4n) is 4.03. The highest BCUT2D eigenvalue weighted by Gasteiger charge is 2.22. The van der Waals surface area contributed by atoms with E-state index in [-0.39, 0.29) is 11.4 Å². The van der Waals surface area contributed by atoms with Crippen molar-refractivity contribution in [3.8, 4) is 11.4 Å². The first-order valence-corrected chi connectivity index (χ1v) is 10.8. The summed E-state index contributed by atoms with van der Waals surface area (Å²) in [4.78, 5) is 19.1. The van der Waals surface area contributed by atoms with E-state index in [4.69, 9.17) is 16.3 Å². The maximum atomic E-state index is 13.0. The van der Waals surface area contributed by atoms with Crippen LogP contribution >= 0.6 is 11.6 Å². The van der Waals surface area contributed by atoms with Gasteiger partial charge in [-0.15, -0.1) is 0 Å². The Hall–Kier alpha value is -2.86. The van der Waals surface area contributed by atoms with Crippen LogP contribution < -0.4 is 15.2 Å². The molecular weight excluding hydrogens is 417 g/mol. The van der Waals surface area contributed by atoms with E-state index in [1.54, 1.807) is 16.7 Å². The Balaban J connectivity index is 1.40. The molecule has 0 aliphatic carbocycles. The summed E-state index contributed by atoms with van der Waals surface area (Å²) in [5.74, 6) is 1.51. The third-order valence-electron chi connectivity index (χ3n) is 5.66. The zero-order valence-corrected chi connectivity index (χ0v) is 18.4. The van der Waals surface area contributed by atoms with Crippen LogP contribution in [0.3, 0.4) is 0 Å². The highest BCUT2D eigenvalue weighted by Crippen LogP contribution is 2.31. The number of rotatable bonds is 5. The monoisotopic (exact) mass is 441 g/mol. The number of hydrogen-bond acceptors (Lipinski definition) is 4. The van der Waals surface area contributed by atoms with Crippen molar-refractivity contribution in [2.24, 2.45) is 5.92 Å². The highest BCUT2D eigenvalue weighted by atomic mass is 35.5. The van der Waals surface area contributed by atoms with Crippen LogP contribution in [0, 0.1) is 25.6 Å². The Bertz CT molecular complexity index is 1120. The molecule has 0 atom stereocenters. The number of hydrogen-bond donors (Lipinski definition) is 0. The lowest BCUT2D eigenvalue weighted by Gasteiger charge is -2.34. The topological polar surface area (TPSA) is 47.4 Å². The molecule has 1 aliphatic rings. The van der Waals surface area contributed by atoms with Crippen LogP contribution in [-0.4, -0.2) is 29.2 Å². The molecule has 0 unspecified atom stereocenters. The van der Waals surface area contributed by atoms with Crippen LogP contribution in [0.2, 0.25) is 5.02 Å². The van der Waals surface area contributed by atoms with Gasteiger partial charge in [0.1, 0.15) is 17.4 Å². The van der Waals surface area contributed by atoms with Crippen molar-refractivity contribution in [2.45, 2.75) is 26.7 Å². The molecule has 31 heavy (non-hydrogen) atoms. The van der Waals surface area contributed by atoms with Gasteiger partial charge in [0, 0.05) is 24.8 Å². The van der Waals surface area contributed by atoms with Crippen molar-refractivity contribution in [3.63, 3.8) is 0 Å². The smallest absolute Gasteiger partial charge is 0.258 e. The molecule has 0 radical (unpaired) electrons. The van der Waals surface area contributed by atoms with Gasteiger partial charge >= 0.3 is 0 Å². The molecule has 1 fully saturated rings. The number of benzene rings is 2. The number of ether oxygens (including phenoxy) is 1. The van der Waals surface area contributed by atoms with Gasteiger partial charge in [0.25, 0.3) is 5.56 Å². The Morgan fingerprint density at radius 3 is 2.45 bits per heavy atom. The molecule has 1 saturated heterocycles. The molecule has 0 amide bonds. The summed E-state index contributed by atoms with van der Waals surface area (Å²) >= 11 is 6.61. The summed E-state index contributed by atoms with van der Waals surface area (Å²) < 4.78 is 20.4. The van der Waals surface area contributed by atoms with Gasteiger partial charge in [0.2, 0.25) is 0 Å². The van der Waals surface area contributed by atoms with E-state index >= 15 is 0 Å². The van der Waals surface area contributed by atoms with Gasteiger partial charge in [0.05, 0.1) is 23.0 Å². The van der Waals surface area contributed by atoms with Gasteiger partial charge in [-0.2, -0.15) is 0 Å².